The van der Waals surface area contributed by atoms with Gasteiger partial charge in [-0.1, -0.05) is 44.5 Å². The van der Waals surface area contributed by atoms with Gasteiger partial charge in [-0.3, -0.25) is 0 Å². The highest BCUT2D eigenvalue weighted by atomic mass is 35.5. The van der Waals surface area contributed by atoms with Gasteiger partial charge in [-0.25, -0.2) is 4.79 Å². The van der Waals surface area contributed by atoms with Crippen LogP contribution in [0.5, 0.6) is 11.5 Å². The van der Waals surface area contributed by atoms with Crippen molar-refractivity contribution in [2.24, 2.45) is 0 Å². The summed E-state index contributed by atoms with van der Waals surface area (Å²) >= 11 is 5.95. The molecule has 0 aromatic heterocycles. The average Bonchev–Trinajstić information content (AvgIpc) is 2.48. The molecule has 4 heteroatoms. The molecule has 0 amide bonds. The van der Waals surface area contributed by atoms with E-state index in [1.807, 2.05) is 19.1 Å². The molecule has 2 aromatic carbocycles. The second-order valence-electron chi connectivity index (χ2n) is 6.45. The first-order chi connectivity index (χ1) is 10.8. The molecule has 0 atom stereocenters. The van der Waals surface area contributed by atoms with Gasteiger partial charge in [0, 0.05) is 5.02 Å². The molecule has 23 heavy (non-hydrogen) atoms. The summed E-state index contributed by atoms with van der Waals surface area (Å²) in [5.74, 6) is 0.659. The van der Waals surface area contributed by atoms with E-state index in [0.29, 0.717) is 16.5 Å². The smallest absolute Gasteiger partial charge is 0.349 e. The minimum atomic E-state index is -0.443. The molecule has 3 nitrogen and oxygen atoms in total. The lowest BCUT2D eigenvalue weighted by atomic mass is 9.87. The normalized spacial score (nSPS) is 11.2. The highest BCUT2D eigenvalue weighted by molar-refractivity contribution is 6.31. The standard InChI is InChI=1S/C19H21ClO3/c1-13-11-16(9-10-17(13)20)22-12-18(21)23-15-7-5-14(6-8-15)19(2,3)4/h5-11H,12H2,1-4H3. The van der Waals surface area contributed by atoms with E-state index in [1.165, 1.54) is 5.56 Å². The van der Waals surface area contributed by atoms with Crippen LogP contribution < -0.4 is 9.47 Å². The van der Waals surface area contributed by atoms with Crippen molar-refractivity contribution in [1.29, 1.82) is 0 Å². The molecule has 0 radical (unpaired) electrons. The van der Waals surface area contributed by atoms with Gasteiger partial charge in [0.25, 0.3) is 0 Å². The zero-order valence-electron chi connectivity index (χ0n) is 13.9. The summed E-state index contributed by atoms with van der Waals surface area (Å²) in [6.45, 7) is 8.13. The lowest BCUT2D eigenvalue weighted by Crippen LogP contribution is -2.18. The summed E-state index contributed by atoms with van der Waals surface area (Å²) in [5.41, 5.74) is 2.15. The molecular formula is C19H21ClO3. The van der Waals surface area contributed by atoms with E-state index in [2.05, 4.69) is 20.8 Å². The predicted molar refractivity (Wildman–Crippen MR) is 92.5 cm³/mol. The van der Waals surface area contributed by atoms with E-state index in [-0.39, 0.29) is 12.0 Å². The van der Waals surface area contributed by atoms with E-state index in [0.717, 1.165) is 5.56 Å². The molecule has 0 N–H and O–H groups in total. The van der Waals surface area contributed by atoms with E-state index in [9.17, 15) is 4.79 Å². The van der Waals surface area contributed by atoms with Gasteiger partial charge in [0.05, 0.1) is 0 Å². The lowest BCUT2D eigenvalue weighted by molar-refractivity contribution is -0.136. The first-order valence-corrected chi connectivity index (χ1v) is 7.84. The van der Waals surface area contributed by atoms with Crippen LogP contribution in [0.4, 0.5) is 0 Å². The van der Waals surface area contributed by atoms with Gasteiger partial charge in [-0.2, -0.15) is 0 Å². The van der Waals surface area contributed by atoms with Gasteiger partial charge >= 0.3 is 5.97 Å². The fourth-order valence-electron chi connectivity index (χ4n) is 2.03. The summed E-state index contributed by atoms with van der Waals surface area (Å²) in [5, 5.41) is 0.666. The number of carbonyl (C=O) groups is 1. The van der Waals surface area contributed by atoms with Crippen LogP contribution >= 0.6 is 11.6 Å². The molecule has 0 unspecified atom stereocenters. The molecule has 0 aliphatic heterocycles. The van der Waals surface area contributed by atoms with Crippen LogP contribution in [-0.4, -0.2) is 12.6 Å². The van der Waals surface area contributed by atoms with E-state index in [4.69, 9.17) is 21.1 Å². The first kappa shape index (κ1) is 17.4. The number of hydrogen-bond donors (Lipinski definition) is 0. The minimum absolute atomic E-state index is 0.0676. The van der Waals surface area contributed by atoms with Crippen LogP contribution in [0, 0.1) is 6.92 Å². The molecule has 0 saturated heterocycles. The van der Waals surface area contributed by atoms with Gasteiger partial charge < -0.3 is 9.47 Å². The molecule has 0 aliphatic rings. The van der Waals surface area contributed by atoms with Crippen LogP contribution in [0.25, 0.3) is 0 Å². The van der Waals surface area contributed by atoms with E-state index >= 15 is 0 Å². The van der Waals surface area contributed by atoms with Gasteiger partial charge in [0.1, 0.15) is 11.5 Å². The van der Waals surface area contributed by atoms with Crippen molar-refractivity contribution in [1.82, 2.24) is 0 Å². The Morgan fingerprint density at radius 3 is 2.22 bits per heavy atom. The third-order valence-corrected chi connectivity index (χ3v) is 3.86. The van der Waals surface area contributed by atoms with Crippen molar-refractivity contribution < 1.29 is 14.3 Å². The highest BCUT2D eigenvalue weighted by Gasteiger charge is 2.14. The molecule has 2 aromatic rings. The quantitative estimate of drug-likeness (QED) is 0.588. The molecule has 122 valence electrons. The Morgan fingerprint density at radius 1 is 1.04 bits per heavy atom. The average molecular weight is 333 g/mol. The Hall–Kier alpha value is -2.00. The van der Waals surface area contributed by atoms with Crippen molar-refractivity contribution in [3.05, 3.63) is 58.6 Å². The van der Waals surface area contributed by atoms with Crippen LogP contribution in [-0.2, 0) is 10.2 Å². The topological polar surface area (TPSA) is 35.5 Å². The second kappa shape index (κ2) is 7.05. The van der Waals surface area contributed by atoms with E-state index < -0.39 is 5.97 Å². The molecule has 0 fully saturated rings. The van der Waals surface area contributed by atoms with Crippen molar-refractivity contribution >= 4 is 17.6 Å². The van der Waals surface area contributed by atoms with Crippen molar-refractivity contribution in [3.63, 3.8) is 0 Å². The van der Waals surface area contributed by atoms with Gasteiger partial charge in [-0.15, -0.1) is 0 Å². The van der Waals surface area contributed by atoms with Gasteiger partial charge in [0.2, 0.25) is 0 Å². The zero-order valence-corrected chi connectivity index (χ0v) is 14.6. The molecule has 0 spiro atoms. The molecule has 0 bridgehead atoms. The molecule has 2 rings (SSSR count). The van der Waals surface area contributed by atoms with Crippen LogP contribution in [0.2, 0.25) is 5.02 Å². The summed E-state index contributed by atoms with van der Waals surface area (Å²) in [4.78, 5) is 11.8. The maximum absolute atomic E-state index is 11.8. The Kier molecular flexibility index (Phi) is 5.32. The molecule has 0 saturated carbocycles. The largest absolute Gasteiger partial charge is 0.482 e. The van der Waals surface area contributed by atoms with Crippen LogP contribution in [0.1, 0.15) is 31.9 Å². The summed E-state index contributed by atoms with van der Waals surface area (Å²) in [6.07, 6.45) is 0. The Morgan fingerprint density at radius 2 is 1.65 bits per heavy atom. The van der Waals surface area contributed by atoms with Crippen molar-refractivity contribution in [2.75, 3.05) is 6.61 Å². The molecule has 0 heterocycles. The number of hydrogen-bond acceptors (Lipinski definition) is 3. The highest BCUT2D eigenvalue weighted by Crippen LogP contribution is 2.24. The monoisotopic (exact) mass is 332 g/mol. The third kappa shape index (κ3) is 5.00. The predicted octanol–water partition coefficient (Wildman–Crippen LogP) is 4.93. The number of esters is 1. The number of benzene rings is 2. The fourth-order valence-corrected chi connectivity index (χ4v) is 2.15. The Labute approximate surface area is 142 Å². The fraction of sp³-hybridized carbons (Fsp3) is 0.316. The summed E-state index contributed by atoms with van der Waals surface area (Å²) in [6, 6.07) is 12.8. The van der Waals surface area contributed by atoms with Crippen LogP contribution in [0.3, 0.4) is 0 Å². The number of rotatable bonds is 4. The van der Waals surface area contributed by atoms with Gasteiger partial charge in [0.15, 0.2) is 6.61 Å². The molecular weight excluding hydrogens is 312 g/mol. The zero-order chi connectivity index (χ0) is 17.0. The maximum Gasteiger partial charge on any atom is 0.349 e. The summed E-state index contributed by atoms with van der Waals surface area (Å²) < 4.78 is 10.7. The number of carbonyl (C=O) groups excluding carboxylic acids is 1. The Bertz CT molecular complexity index is 685. The SMILES string of the molecule is Cc1cc(OCC(=O)Oc2ccc(C(C)(C)C)cc2)ccc1Cl. The number of halogens is 1. The minimum Gasteiger partial charge on any atom is -0.482 e. The van der Waals surface area contributed by atoms with Crippen LogP contribution in [0.15, 0.2) is 42.5 Å². The van der Waals surface area contributed by atoms with Crippen molar-refractivity contribution in [3.8, 4) is 11.5 Å². The Balaban J connectivity index is 1.90. The summed E-state index contributed by atoms with van der Waals surface area (Å²) in [7, 11) is 0. The third-order valence-electron chi connectivity index (χ3n) is 3.44. The van der Waals surface area contributed by atoms with Crippen molar-refractivity contribution in [2.45, 2.75) is 33.1 Å². The number of ether oxygens (including phenoxy) is 2. The first-order valence-electron chi connectivity index (χ1n) is 7.46. The number of aryl methyl sites for hydroxylation is 1. The van der Waals surface area contributed by atoms with E-state index in [1.54, 1.807) is 30.3 Å². The van der Waals surface area contributed by atoms with Gasteiger partial charge in [-0.05, 0) is 53.8 Å². The lowest BCUT2D eigenvalue weighted by Gasteiger charge is -2.19. The maximum atomic E-state index is 11.8. The second-order valence-corrected chi connectivity index (χ2v) is 6.86. The molecule has 0 aliphatic carbocycles.